The zero-order chi connectivity index (χ0) is 11.7. The third-order valence-electron chi connectivity index (χ3n) is 2.81. The Kier molecular flexibility index (Phi) is 3.52. The number of aliphatic hydroxyl groups excluding tert-OH is 1. The van der Waals surface area contributed by atoms with Gasteiger partial charge in [-0.25, -0.2) is 0 Å². The molecule has 2 rings (SSSR count). The number of nitrogens with two attached hydrogens (primary N) is 1. The van der Waals surface area contributed by atoms with Crippen LogP contribution in [0.4, 0.5) is 0 Å². The molecule has 1 aliphatic rings. The molecule has 88 valence electrons. The fraction of sp³-hybridized carbons (Fsp3) is 0.500. The van der Waals surface area contributed by atoms with Gasteiger partial charge in [-0.3, -0.25) is 0 Å². The first-order valence-corrected chi connectivity index (χ1v) is 6.27. The Labute approximate surface area is 104 Å². The van der Waals surface area contributed by atoms with E-state index in [-0.39, 0.29) is 6.04 Å². The molecule has 0 bridgehead atoms. The third kappa shape index (κ3) is 2.24. The predicted molar refractivity (Wildman–Crippen MR) is 66.6 cm³/mol. The van der Waals surface area contributed by atoms with Crippen LogP contribution in [-0.4, -0.2) is 17.8 Å². The topological polar surface area (TPSA) is 55.5 Å². The highest BCUT2D eigenvalue weighted by molar-refractivity contribution is 9.10. The minimum Gasteiger partial charge on any atom is -0.493 e. The molecule has 1 heterocycles. The van der Waals surface area contributed by atoms with Gasteiger partial charge in [0.15, 0.2) is 0 Å². The highest BCUT2D eigenvalue weighted by Gasteiger charge is 2.22. The summed E-state index contributed by atoms with van der Waals surface area (Å²) in [5, 5.41) is 10.1. The van der Waals surface area contributed by atoms with E-state index in [4.69, 9.17) is 10.5 Å². The average Bonchev–Trinajstić information content (AvgIpc) is 2.26. The van der Waals surface area contributed by atoms with Gasteiger partial charge in [0.2, 0.25) is 0 Å². The van der Waals surface area contributed by atoms with Gasteiger partial charge in [-0.2, -0.15) is 0 Å². The molecular formula is C12H16BrNO2. The lowest BCUT2D eigenvalue weighted by Crippen LogP contribution is -2.25. The molecule has 3 nitrogen and oxygen atoms in total. The fourth-order valence-corrected chi connectivity index (χ4v) is 2.50. The Balaban J connectivity index is 2.47. The Morgan fingerprint density at radius 3 is 2.94 bits per heavy atom. The minimum atomic E-state index is -0.677. The first kappa shape index (κ1) is 11.9. The van der Waals surface area contributed by atoms with Crippen LogP contribution in [0.25, 0.3) is 0 Å². The predicted octanol–water partition coefficient (Wildman–Crippen LogP) is 2.15. The van der Waals surface area contributed by atoms with Crippen molar-refractivity contribution in [2.45, 2.75) is 31.9 Å². The van der Waals surface area contributed by atoms with Crippen LogP contribution >= 0.6 is 15.9 Å². The van der Waals surface area contributed by atoms with Crippen molar-refractivity contribution in [3.05, 3.63) is 27.7 Å². The Morgan fingerprint density at radius 2 is 2.25 bits per heavy atom. The summed E-state index contributed by atoms with van der Waals surface area (Å²) < 4.78 is 6.61. The van der Waals surface area contributed by atoms with E-state index >= 15 is 0 Å². The van der Waals surface area contributed by atoms with Crippen molar-refractivity contribution in [3.8, 4) is 5.75 Å². The van der Waals surface area contributed by atoms with Crippen molar-refractivity contribution < 1.29 is 9.84 Å². The van der Waals surface area contributed by atoms with Crippen molar-refractivity contribution in [1.82, 2.24) is 0 Å². The molecule has 1 aromatic rings. The smallest absolute Gasteiger partial charge is 0.128 e. The molecule has 0 saturated heterocycles. The average molecular weight is 286 g/mol. The number of fused-ring (bicyclic) bond motifs is 1. The largest absolute Gasteiger partial charge is 0.493 e. The number of rotatable bonds is 2. The van der Waals surface area contributed by atoms with Crippen LogP contribution in [-0.2, 0) is 6.42 Å². The number of aryl methyl sites for hydroxylation is 1. The van der Waals surface area contributed by atoms with E-state index in [1.807, 2.05) is 12.1 Å². The first-order chi connectivity index (χ1) is 7.59. The molecular weight excluding hydrogens is 270 g/mol. The van der Waals surface area contributed by atoms with E-state index in [9.17, 15) is 5.11 Å². The minimum absolute atomic E-state index is 0.302. The summed E-state index contributed by atoms with van der Waals surface area (Å²) in [6.07, 6.45) is 1.34. The van der Waals surface area contributed by atoms with Gasteiger partial charge >= 0.3 is 0 Å². The second-order valence-corrected chi connectivity index (χ2v) is 5.15. The van der Waals surface area contributed by atoms with Crippen molar-refractivity contribution in [1.29, 1.82) is 0 Å². The molecule has 1 aromatic carbocycles. The summed E-state index contributed by atoms with van der Waals surface area (Å²) in [6, 6.07) is 3.63. The van der Waals surface area contributed by atoms with E-state index in [1.54, 1.807) is 6.92 Å². The summed E-state index contributed by atoms with van der Waals surface area (Å²) in [5.74, 6) is 0.819. The van der Waals surface area contributed by atoms with Gasteiger partial charge in [0.25, 0.3) is 0 Å². The molecule has 2 atom stereocenters. The Morgan fingerprint density at radius 1 is 1.50 bits per heavy atom. The molecule has 0 aromatic heterocycles. The summed E-state index contributed by atoms with van der Waals surface area (Å²) in [5.41, 5.74) is 7.67. The normalized spacial score (nSPS) is 18.5. The summed E-state index contributed by atoms with van der Waals surface area (Å²) >= 11 is 3.45. The highest BCUT2D eigenvalue weighted by atomic mass is 79.9. The number of benzene rings is 1. The van der Waals surface area contributed by atoms with Gasteiger partial charge in [-0.1, -0.05) is 15.9 Å². The quantitative estimate of drug-likeness (QED) is 0.876. The third-order valence-corrected chi connectivity index (χ3v) is 3.27. The summed E-state index contributed by atoms with van der Waals surface area (Å²) in [7, 11) is 0. The van der Waals surface area contributed by atoms with Crippen LogP contribution in [0.2, 0.25) is 0 Å². The highest BCUT2D eigenvalue weighted by Crippen LogP contribution is 2.36. The molecule has 0 amide bonds. The second kappa shape index (κ2) is 4.73. The molecule has 0 aliphatic carbocycles. The van der Waals surface area contributed by atoms with E-state index in [0.717, 1.165) is 34.2 Å². The Bertz CT molecular complexity index is 393. The van der Waals surface area contributed by atoms with Crippen LogP contribution < -0.4 is 10.5 Å². The van der Waals surface area contributed by atoms with Gasteiger partial charge in [-0.05, 0) is 37.5 Å². The van der Waals surface area contributed by atoms with E-state index in [1.165, 1.54) is 0 Å². The fourth-order valence-electron chi connectivity index (χ4n) is 1.97. The van der Waals surface area contributed by atoms with Crippen molar-refractivity contribution in [2.75, 3.05) is 6.61 Å². The van der Waals surface area contributed by atoms with Crippen molar-refractivity contribution in [2.24, 2.45) is 5.73 Å². The van der Waals surface area contributed by atoms with Crippen molar-refractivity contribution in [3.63, 3.8) is 0 Å². The summed E-state index contributed by atoms with van der Waals surface area (Å²) in [4.78, 5) is 0. The lowest BCUT2D eigenvalue weighted by Gasteiger charge is -2.24. The number of aliphatic hydroxyl groups is 1. The van der Waals surface area contributed by atoms with Gasteiger partial charge in [0.1, 0.15) is 5.75 Å². The maximum Gasteiger partial charge on any atom is 0.128 e. The molecule has 1 aliphatic heterocycles. The lowest BCUT2D eigenvalue weighted by molar-refractivity contribution is 0.146. The SMILES string of the molecule is CC(N)C(O)c1cc(Br)cc2c1OCCC2. The maximum atomic E-state index is 10.1. The zero-order valence-corrected chi connectivity index (χ0v) is 10.8. The maximum absolute atomic E-state index is 10.1. The number of hydrogen-bond donors (Lipinski definition) is 2. The van der Waals surface area contributed by atoms with Crippen molar-refractivity contribution >= 4 is 15.9 Å². The van der Waals surface area contributed by atoms with Crippen LogP contribution in [0.15, 0.2) is 16.6 Å². The summed E-state index contributed by atoms with van der Waals surface area (Å²) in [6.45, 7) is 2.51. The molecule has 4 heteroatoms. The van der Waals surface area contributed by atoms with Gasteiger partial charge < -0.3 is 15.6 Å². The molecule has 3 N–H and O–H groups in total. The van der Waals surface area contributed by atoms with E-state index in [2.05, 4.69) is 15.9 Å². The number of ether oxygens (including phenoxy) is 1. The standard InChI is InChI=1S/C12H16BrNO2/c1-7(14)11(15)10-6-9(13)5-8-3-2-4-16-12(8)10/h5-7,11,15H,2-4,14H2,1H3. The van der Waals surface area contributed by atoms with Gasteiger partial charge in [-0.15, -0.1) is 0 Å². The molecule has 0 saturated carbocycles. The lowest BCUT2D eigenvalue weighted by atomic mass is 9.97. The van der Waals surface area contributed by atoms with Crippen LogP contribution in [0.3, 0.4) is 0 Å². The molecule has 0 spiro atoms. The molecule has 0 fully saturated rings. The monoisotopic (exact) mass is 285 g/mol. The van der Waals surface area contributed by atoms with E-state index < -0.39 is 6.10 Å². The van der Waals surface area contributed by atoms with Gasteiger partial charge in [0, 0.05) is 16.1 Å². The van der Waals surface area contributed by atoms with Crippen LogP contribution in [0, 0.1) is 0 Å². The molecule has 0 radical (unpaired) electrons. The van der Waals surface area contributed by atoms with E-state index in [0.29, 0.717) is 6.61 Å². The second-order valence-electron chi connectivity index (χ2n) is 4.24. The number of halogens is 1. The molecule has 2 unspecified atom stereocenters. The molecule has 16 heavy (non-hydrogen) atoms. The van der Waals surface area contributed by atoms with Gasteiger partial charge in [0.05, 0.1) is 12.7 Å². The zero-order valence-electron chi connectivity index (χ0n) is 9.24. The Hall–Kier alpha value is -0.580. The first-order valence-electron chi connectivity index (χ1n) is 5.48. The van der Waals surface area contributed by atoms with Crippen LogP contribution in [0.1, 0.15) is 30.6 Å². The number of hydrogen-bond acceptors (Lipinski definition) is 3. The van der Waals surface area contributed by atoms with Crippen LogP contribution in [0.5, 0.6) is 5.75 Å².